The van der Waals surface area contributed by atoms with E-state index in [9.17, 15) is 9.59 Å². The Morgan fingerprint density at radius 2 is 2.00 bits per heavy atom. The molecule has 0 bridgehead atoms. The summed E-state index contributed by atoms with van der Waals surface area (Å²) < 4.78 is -1.05. The highest BCUT2D eigenvalue weighted by Gasteiger charge is 2.67. The summed E-state index contributed by atoms with van der Waals surface area (Å²) in [5.41, 5.74) is -0.842. The fourth-order valence-corrected chi connectivity index (χ4v) is 1.70. The third kappa shape index (κ3) is 1.89. The molecule has 0 heterocycles. The lowest BCUT2D eigenvalue weighted by Crippen LogP contribution is -2.36. The van der Waals surface area contributed by atoms with Crippen molar-refractivity contribution < 1.29 is 14.7 Å². The number of carbonyl (C=O) groups excluding carboxylic acids is 1. The van der Waals surface area contributed by atoms with Crippen molar-refractivity contribution in [2.45, 2.75) is 17.7 Å². The summed E-state index contributed by atoms with van der Waals surface area (Å²) in [7, 11) is 0. The van der Waals surface area contributed by atoms with Gasteiger partial charge in [-0.25, -0.2) is 0 Å². The van der Waals surface area contributed by atoms with Crippen molar-refractivity contribution in [2.24, 2.45) is 5.41 Å². The smallest absolute Gasteiger partial charge is 0.322 e. The minimum absolute atomic E-state index is 0.356. The topological polar surface area (TPSA) is 66.4 Å². The van der Waals surface area contributed by atoms with Crippen molar-refractivity contribution in [1.82, 2.24) is 5.32 Å². The second-order valence-corrected chi connectivity index (χ2v) is 4.77. The van der Waals surface area contributed by atoms with Crippen molar-refractivity contribution in [3.8, 4) is 0 Å². The minimum Gasteiger partial charge on any atom is -0.480 e. The minimum atomic E-state index is -1.09. The van der Waals surface area contributed by atoms with E-state index in [-0.39, 0.29) is 0 Å². The Kier molecular flexibility index (Phi) is 2.47. The Hall–Kier alpha value is -0.480. The van der Waals surface area contributed by atoms with Gasteiger partial charge in [0.15, 0.2) is 0 Å². The Morgan fingerprint density at radius 1 is 1.54 bits per heavy atom. The van der Waals surface area contributed by atoms with Gasteiger partial charge in [-0.2, -0.15) is 0 Å². The van der Waals surface area contributed by atoms with Crippen molar-refractivity contribution >= 4 is 35.1 Å². The standard InChI is InChI=1S/C7H9Cl2NO3/c1-6(3-7(6,8)9)5(13)10-2-4(11)12/h2-3H2,1H3,(H,10,13)(H,11,12). The van der Waals surface area contributed by atoms with Gasteiger partial charge in [-0.3, -0.25) is 9.59 Å². The van der Waals surface area contributed by atoms with E-state index in [4.69, 9.17) is 28.3 Å². The highest BCUT2D eigenvalue weighted by molar-refractivity contribution is 6.53. The first-order valence-corrected chi connectivity index (χ1v) is 4.43. The number of carboxylic acid groups (broad SMARTS) is 1. The normalized spacial score (nSPS) is 29.5. The van der Waals surface area contributed by atoms with Crippen LogP contribution in [0.5, 0.6) is 0 Å². The molecule has 0 saturated heterocycles. The van der Waals surface area contributed by atoms with E-state index in [1.807, 2.05) is 0 Å². The van der Waals surface area contributed by atoms with Gasteiger partial charge in [0.05, 0.1) is 5.41 Å². The molecule has 0 aromatic heterocycles. The molecule has 1 unspecified atom stereocenters. The maximum Gasteiger partial charge on any atom is 0.322 e. The van der Waals surface area contributed by atoms with Gasteiger partial charge in [0.2, 0.25) is 5.91 Å². The summed E-state index contributed by atoms with van der Waals surface area (Å²) in [4.78, 5) is 21.4. The first-order chi connectivity index (χ1) is 5.79. The van der Waals surface area contributed by atoms with Crippen LogP contribution in [0.25, 0.3) is 0 Å². The Balaban J connectivity index is 2.47. The zero-order valence-corrected chi connectivity index (χ0v) is 8.45. The first kappa shape index (κ1) is 10.6. The molecule has 0 spiro atoms. The number of aliphatic carboxylic acids is 1. The molecule has 1 fully saturated rings. The second kappa shape index (κ2) is 3.03. The van der Waals surface area contributed by atoms with E-state index in [1.54, 1.807) is 6.92 Å². The summed E-state index contributed by atoms with van der Waals surface area (Å²) in [6.07, 6.45) is 0.356. The predicted octanol–water partition coefficient (Wildman–Crippen LogP) is 0.771. The number of rotatable bonds is 3. The van der Waals surface area contributed by atoms with Crippen molar-refractivity contribution in [3.63, 3.8) is 0 Å². The molecule has 1 aliphatic carbocycles. The Bertz CT molecular complexity index is 266. The van der Waals surface area contributed by atoms with Crippen molar-refractivity contribution in [1.29, 1.82) is 0 Å². The van der Waals surface area contributed by atoms with E-state index in [1.165, 1.54) is 0 Å². The van der Waals surface area contributed by atoms with E-state index < -0.39 is 28.2 Å². The average molecular weight is 226 g/mol. The summed E-state index contributed by atoms with van der Waals surface area (Å²) in [5.74, 6) is -1.51. The fourth-order valence-electron chi connectivity index (χ4n) is 0.997. The predicted molar refractivity (Wildman–Crippen MR) is 47.8 cm³/mol. The van der Waals surface area contributed by atoms with Crippen LogP contribution < -0.4 is 5.32 Å². The lowest BCUT2D eigenvalue weighted by atomic mass is 10.1. The zero-order valence-electron chi connectivity index (χ0n) is 6.93. The Morgan fingerprint density at radius 3 is 2.31 bits per heavy atom. The van der Waals surface area contributed by atoms with Crippen LogP contribution in [0.4, 0.5) is 0 Å². The molecule has 1 aliphatic rings. The third-order valence-electron chi connectivity index (χ3n) is 2.16. The van der Waals surface area contributed by atoms with Gasteiger partial charge in [-0.1, -0.05) is 0 Å². The molecule has 6 heteroatoms. The molecular weight excluding hydrogens is 217 g/mol. The van der Waals surface area contributed by atoms with E-state index >= 15 is 0 Å². The molecule has 1 rings (SSSR count). The molecule has 2 N–H and O–H groups in total. The van der Waals surface area contributed by atoms with Crippen LogP contribution >= 0.6 is 23.2 Å². The van der Waals surface area contributed by atoms with Crippen molar-refractivity contribution in [3.05, 3.63) is 0 Å². The molecule has 0 aliphatic heterocycles. The number of amides is 1. The molecule has 4 nitrogen and oxygen atoms in total. The van der Waals surface area contributed by atoms with Crippen LogP contribution in [0, 0.1) is 5.41 Å². The average Bonchev–Trinajstić information content (AvgIpc) is 2.48. The maximum atomic E-state index is 11.3. The lowest BCUT2D eigenvalue weighted by molar-refractivity contribution is -0.138. The van der Waals surface area contributed by atoms with Gasteiger partial charge >= 0.3 is 5.97 Å². The number of carboxylic acids is 1. The summed E-state index contributed by atoms with van der Waals surface area (Å²) in [6, 6.07) is 0. The number of nitrogens with one attached hydrogen (secondary N) is 1. The van der Waals surface area contributed by atoms with Crippen LogP contribution in [0.15, 0.2) is 0 Å². The molecule has 1 atom stereocenters. The molecule has 0 aromatic rings. The highest BCUT2D eigenvalue weighted by atomic mass is 35.5. The molecule has 0 aromatic carbocycles. The molecule has 1 saturated carbocycles. The van der Waals surface area contributed by atoms with Crippen LogP contribution in [-0.2, 0) is 9.59 Å². The third-order valence-corrected chi connectivity index (χ3v) is 3.26. The lowest BCUT2D eigenvalue weighted by Gasteiger charge is -2.10. The van der Waals surface area contributed by atoms with E-state index in [0.29, 0.717) is 6.42 Å². The SMILES string of the molecule is CC1(C(=O)NCC(=O)O)CC1(Cl)Cl. The second-order valence-electron chi connectivity index (χ2n) is 3.29. The molecular formula is C7H9Cl2NO3. The molecule has 13 heavy (non-hydrogen) atoms. The largest absolute Gasteiger partial charge is 0.480 e. The Labute approximate surface area is 85.2 Å². The van der Waals surface area contributed by atoms with Gasteiger partial charge in [-0.05, 0) is 13.3 Å². The van der Waals surface area contributed by atoms with Gasteiger partial charge in [0, 0.05) is 0 Å². The molecule has 0 radical (unpaired) electrons. The molecule has 74 valence electrons. The summed E-state index contributed by atoms with van der Waals surface area (Å²) >= 11 is 11.4. The number of halogens is 2. The van der Waals surface area contributed by atoms with Crippen molar-refractivity contribution in [2.75, 3.05) is 6.54 Å². The van der Waals surface area contributed by atoms with Crippen LogP contribution in [-0.4, -0.2) is 27.9 Å². The number of hydrogen-bond acceptors (Lipinski definition) is 2. The zero-order chi connectivity index (χ0) is 10.3. The van der Waals surface area contributed by atoms with E-state index in [0.717, 1.165) is 0 Å². The number of alkyl halides is 2. The van der Waals surface area contributed by atoms with E-state index in [2.05, 4.69) is 5.32 Å². The fraction of sp³-hybridized carbons (Fsp3) is 0.714. The first-order valence-electron chi connectivity index (χ1n) is 3.67. The number of hydrogen-bond donors (Lipinski definition) is 2. The summed E-state index contributed by atoms with van der Waals surface area (Å²) in [5, 5.41) is 10.5. The van der Waals surface area contributed by atoms with Gasteiger partial charge in [0.25, 0.3) is 0 Å². The number of carbonyl (C=O) groups is 2. The molecule has 1 amide bonds. The maximum absolute atomic E-state index is 11.3. The van der Waals surface area contributed by atoms with Crippen LogP contribution in [0.1, 0.15) is 13.3 Å². The van der Waals surface area contributed by atoms with Crippen LogP contribution in [0.2, 0.25) is 0 Å². The van der Waals surface area contributed by atoms with Crippen LogP contribution in [0.3, 0.4) is 0 Å². The van der Waals surface area contributed by atoms with Gasteiger partial charge < -0.3 is 10.4 Å². The quantitative estimate of drug-likeness (QED) is 0.698. The van der Waals surface area contributed by atoms with Gasteiger partial charge in [-0.15, -0.1) is 23.2 Å². The monoisotopic (exact) mass is 225 g/mol. The summed E-state index contributed by atoms with van der Waals surface area (Å²) in [6.45, 7) is 1.20. The van der Waals surface area contributed by atoms with Gasteiger partial charge in [0.1, 0.15) is 10.9 Å². The highest BCUT2D eigenvalue weighted by Crippen LogP contribution is 2.63.